The Labute approximate surface area is 110 Å². The molecule has 3 atom stereocenters. The number of alkyl halides is 1. The van der Waals surface area contributed by atoms with E-state index in [1.165, 1.54) is 29.6 Å². The Morgan fingerprint density at radius 3 is 2.76 bits per heavy atom. The molecule has 0 bridgehead atoms. The molecule has 0 amide bonds. The average Bonchev–Trinajstić information content (AvgIpc) is 2.85. The van der Waals surface area contributed by atoms with E-state index in [1.54, 1.807) is 0 Å². The Hall–Kier alpha value is -0.760. The van der Waals surface area contributed by atoms with Crippen LogP contribution >= 0.6 is 15.9 Å². The second-order valence-electron chi connectivity index (χ2n) is 5.20. The fourth-order valence-electron chi connectivity index (χ4n) is 2.93. The monoisotopic (exact) mass is 292 g/mol. The van der Waals surface area contributed by atoms with Gasteiger partial charge in [-0.15, -0.1) is 0 Å². The minimum absolute atomic E-state index is 0.575. The zero-order chi connectivity index (χ0) is 12.0. The van der Waals surface area contributed by atoms with Crippen molar-refractivity contribution in [3.63, 3.8) is 0 Å². The Bertz CT molecular complexity index is 543. The molecule has 0 aliphatic heterocycles. The van der Waals surface area contributed by atoms with Crippen LogP contribution in [-0.4, -0.2) is 4.83 Å². The maximum Gasteiger partial charge on any atom is 0.137 e. The van der Waals surface area contributed by atoms with Gasteiger partial charge < -0.3 is 4.42 Å². The molecule has 17 heavy (non-hydrogen) atoms. The van der Waals surface area contributed by atoms with E-state index < -0.39 is 0 Å². The van der Waals surface area contributed by atoms with E-state index in [1.807, 2.05) is 0 Å². The number of fused-ring (bicyclic) bond motifs is 1. The number of benzene rings is 1. The second-order valence-corrected chi connectivity index (χ2v) is 6.38. The zero-order valence-corrected chi connectivity index (χ0v) is 11.8. The summed E-state index contributed by atoms with van der Waals surface area (Å²) in [7, 11) is 0. The first kappa shape index (κ1) is 11.3. The molecule has 3 rings (SSSR count). The summed E-state index contributed by atoms with van der Waals surface area (Å²) in [5.74, 6) is 2.41. The van der Waals surface area contributed by atoms with Gasteiger partial charge in [0, 0.05) is 16.1 Å². The Morgan fingerprint density at radius 1 is 1.29 bits per heavy atom. The van der Waals surface area contributed by atoms with Crippen molar-refractivity contribution < 1.29 is 4.42 Å². The van der Waals surface area contributed by atoms with Crippen molar-refractivity contribution in [2.24, 2.45) is 5.92 Å². The molecule has 0 radical (unpaired) electrons. The molecule has 1 aromatic carbocycles. The lowest BCUT2D eigenvalue weighted by molar-refractivity contribution is 0.435. The van der Waals surface area contributed by atoms with Gasteiger partial charge in [0.1, 0.15) is 11.3 Å². The predicted molar refractivity (Wildman–Crippen MR) is 74.8 cm³/mol. The number of hydrogen-bond acceptors (Lipinski definition) is 1. The number of furan rings is 1. The minimum atomic E-state index is 0.575. The normalized spacial score (nSPS) is 29.0. The molecular weight excluding hydrogens is 276 g/mol. The summed E-state index contributed by atoms with van der Waals surface area (Å²) in [5, 5.41) is 1.24. The van der Waals surface area contributed by atoms with Crippen molar-refractivity contribution in [2.45, 2.75) is 37.4 Å². The smallest absolute Gasteiger partial charge is 0.137 e. The molecular formula is C15H17BrO. The Morgan fingerprint density at radius 2 is 2.12 bits per heavy atom. The van der Waals surface area contributed by atoms with E-state index in [-0.39, 0.29) is 0 Å². The standard InChI is InChI=1S/C15H17BrO/c1-9-4-3-5-11-8-14(17-15(9)11)12-6-7-13(16)10(12)2/h3-5,8,10,12-13H,6-7H2,1-2H3. The summed E-state index contributed by atoms with van der Waals surface area (Å²) in [6.07, 6.45) is 2.48. The molecule has 0 saturated heterocycles. The predicted octanol–water partition coefficient (Wildman–Crippen LogP) is 5.02. The average molecular weight is 293 g/mol. The van der Waals surface area contributed by atoms with Crippen molar-refractivity contribution >= 4 is 26.9 Å². The highest BCUT2D eigenvalue weighted by atomic mass is 79.9. The van der Waals surface area contributed by atoms with Crippen LogP contribution in [0.1, 0.15) is 37.0 Å². The molecule has 1 aliphatic rings. The van der Waals surface area contributed by atoms with Gasteiger partial charge in [0.2, 0.25) is 0 Å². The third kappa shape index (κ3) is 1.83. The van der Waals surface area contributed by atoms with Crippen LogP contribution in [-0.2, 0) is 0 Å². The Balaban J connectivity index is 2.04. The minimum Gasteiger partial charge on any atom is -0.460 e. The van der Waals surface area contributed by atoms with Crippen LogP contribution < -0.4 is 0 Å². The number of halogens is 1. The topological polar surface area (TPSA) is 13.1 Å². The number of rotatable bonds is 1. The molecule has 1 aromatic heterocycles. The fourth-order valence-corrected chi connectivity index (χ4v) is 3.56. The van der Waals surface area contributed by atoms with Crippen LogP contribution in [0, 0.1) is 12.8 Å². The van der Waals surface area contributed by atoms with Gasteiger partial charge in [-0.25, -0.2) is 0 Å². The van der Waals surface area contributed by atoms with E-state index >= 15 is 0 Å². The van der Waals surface area contributed by atoms with Crippen molar-refractivity contribution in [2.75, 3.05) is 0 Å². The van der Waals surface area contributed by atoms with Gasteiger partial charge in [-0.05, 0) is 37.3 Å². The Kier molecular flexibility index (Phi) is 2.78. The van der Waals surface area contributed by atoms with Gasteiger partial charge in [0.25, 0.3) is 0 Å². The molecule has 2 heteroatoms. The summed E-state index contributed by atoms with van der Waals surface area (Å²) in [4.78, 5) is 0.641. The van der Waals surface area contributed by atoms with Crippen molar-refractivity contribution in [1.82, 2.24) is 0 Å². The number of hydrogen-bond donors (Lipinski definition) is 0. The molecule has 1 saturated carbocycles. The highest BCUT2D eigenvalue weighted by Gasteiger charge is 2.34. The first-order valence-corrected chi connectivity index (χ1v) is 7.21. The van der Waals surface area contributed by atoms with Crippen LogP contribution in [0.25, 0.3) is 11.0 Å². The lowest BCUT2D eigenvalue weighted by Crippen LogP contribution is -2.08. The zero-order valence-electron chi connectivity index (χ0n) is 10.2. The summed E-state index contributed by atoms with van der Waals surface area (Å²) in [6.45, 7) is 4.43. The first-order valence-electron chi connectivity index (χ1n) is 6.30. The van der Waals surface area contributed by atoms with E-state index in [9.17, 15) is 0 Å². The van der Waals surface area contributed by atoms with Crippen molar-refractivity contribution in [3.8, 4) is 0 Å². The molecule has 2 aromatic rings. The van der Waals surface area contributed by atoms with E-state index in [0.717, 1.165) is 5.58 Å². The van der Waals surface area contributed by atoms with Gasteiger partial charge >= 0.3 is 0 Å². The summed E-state index contributed by atoms with van der Waals surface area (Å²) in [5.41, 5.74) is 2.29. The first-order chi connectivity index (χ1) is 8.16. The van der Waals surface area contributed by atoms with Gasteiger partial charge in [-0.1, -0.05) is 41.1 Å². The highest BCUT2D eigenvalue weighted by Crippen LogP contribution is 2.44. The fraction of sp³-hybridized carbons (Fsp3) is 0.467. The lowest BCUT2D eigenvalue weighted by Gasteiger charge is -2.14. The van der Waals surface area contributed by atoms with Crippen molar-refractivity contribution in [1.29, 1.82) is 0 Å². The molecule has 1 nitrogen and oxygen atoms in total. The SMILES string of the molecule is Cc1cccc2cc(C3CCC(Br)C3C)oc12. The van der Waals surface area contributed by atoms with Crippen molar-refractivity contribution in [3.05, 3.63) is 35.6 Å². The molecule has 1 heterocycles. The largest absolute Gasteiger partial charge is 0.460 e. The molecule has 90 valence electrons. The molecule has 0 spiro atoms. The molecule has 0 N–H and O–H groups in total. The maximum absolute atomic E-state index is 6.08. The third-order valence-electron chi connectivity index (χ3n) is 4.08. The van der Waals surface area contributed by atoms with Crippen LogP contribution in [0.15, 0.2) is 28.7 Å². The van der Waals surface area contributed by atoms with E-state index in [0.29, 0.717) is 16.7 Å². The second kappa shape index (κ2) is 4.16. The number of aryl methyl sites for hydroxylation is 1. The van der Waals surface area contributed by atoms with Gasteiger partial charge in [0.05, 0.1) is 0 Å². The third-order valence-corrected chi connectivity index (χ3v) is 5.38. The lowest BCUT2D eigenvalue weighted by atomic mass is 9.95. The van der Waals surface area contributed by atoms with Gasteiger partial charge in [0.15, 0.2) is 0 Å². The van der Waals surface area contributed by atoms with Crippen LogP contribution in [0.3, 0.4) is 0 Å². The maximum atomic E-state index is 6.08. The molecule has 3 unspecified atom stereocenters. The highest BCUT2D eigenvalue weighted by molar-refractivity contribution is 9.09. The summed E-state index contributed by atoms with van der Waals surface area (Å²) < 4.78 is 6.08. The van der Waals surface area contributed by atoms with Crippen LogP contribution in [0.2, 0.25) is 0 Å². The quantitative estimate of drug-likeness (QED) is 0.673. The molecule has 1 fully saturated rings. The summed E-state index contributed by atoms with van der Waals surface area (Å²) in [6, 6.07) is 8.58. The number of para-hydroxylation sites is 1. The summed E-state index contributed by atoms with van der Waals surface area (Å²) >= 11 is 3.76. The van der Waals surface area contributed by atoms with Crippen LogP contribution in [0.5, 0.6) is 0 Å². The van der Waals surface area contributed by atoms with Gasteiger partial charge in [-0.3, -0.25) is 0 Å². The van der Waals surface area contributed by atoms with E-state index in [4.69, 9.17) is 4.42 Å². The van der Waals surface area contributed by atoms with Gasteiger partial charge in [-0.2, -0.15) is 0 Å². The van der Waals surface area contributed by atoms with E-state index in [2.05, 4.69) is 54.0 Å². The molecule has 1 aliphatic carbocycles. The van der Waals surface area contributed by atoms with Crippen LogP contribution in [0.4, 0.5) is 0 Å².